The smallest absolute Gasteiger partial charge is 0.237 e. The lowest BCUT2D eigenvalue weighted by Gasteiger charge is -2.60. The molecule has 6 nitrogen and oxygen atoms in total. The molecule has 5 fully saturated rings. The molecule has 0 saturated heterocycles. The molecule has 4 N–H and O–H groups in total. The molecule has 1 aromatic carbocycles. The number of halogens is 1. The second kappa shape index (κ2) is 8.94. The van der Waals surface area contributed by atoms with E-state index < -0.39 is 6.04 Å². The van der Waals surface area contributed by atoms with Gasteiger partial charge >= 0.3 is 0 Å². The van der Waals surface area contributed by atoms with E-state index in [9.17, 15) is 14.0 Å². The van der Waals surface area contributed by atoms with Gasteiger partial charge in [0.2, 0.25) is 11.8 Å². The molecule has 0 radical (unpaired) electrons. The normalized spacial score (nSPS) is 32.4. The predicted molar refractivity (Wildman–Crippen MR) is 135 cm³/mol. The van der Waals surface area contributed by atoms with Crippen LogP contribution >= 0.6 is 0 Å². The number of carbonyl (C=O) groups is 2. The number of rotatable bonds is 7. The van der Waals surface area contributed by atoms with Crippen molar-refractivity contribution in [2.45, 2.75) is 62.8 Å². The lowest BCUT2D eigenvalue weighted by molar-refractivity contribution is -0.151. The van der Waals surface area contributed by atoms with Crippen molar-refractivity contribution in [3.05, 3.63) is 60.2 Å². The largest absolute Gasteiger partial charge is 0.354 e. The van der Waals surface area contributed by atoms with Gasteiger partial charge in [-0.2, -0.15) is 0 Å². The highest BCUT2D eigenvalue weighted by atomic mass is 19.1. The van der Waals surface area contributed by atoms with E-state index in [0.29, 0.717) is 24.3 Å². The number of nitrogens with two attached hydrogens (primary N) is 1. The first-order chi connectivity index (χ1) is 17.4. The minimum Gasteiger partial charge on any atom is -0.354 e. The van der Waals surface area contributed by atoms with Crippen molar-refractivity contribution in [1.29, 1.82) is 0 Å². The molecule has 2 aromatic rings. The summed E-state index contributed by atoms with van der Waals surface area (Å²) in [5.41, 5.74) is 8.05. The first-order valence-corrected chi connectivity index (χ1v) is 13.4. The number of hydrogen-bond acceptors (Lipinski definition) is 4. The van der Waals surface area contributed by atoms with Gasteiger partial charge in [-0.1, -0.05) is 18.6 Å². The predicted octanol–water partition coefficient (Wildman–Crippen LogP) is 4.17. The molecular formula is C29H35FN4O2. The Morgan fingerprint density at radius 1 is 1.03 bits per heavy atom. The summed E-state index contributed by atoms with van der Waals surface area (Å²) in [6, 6.07) is 9.76. The van der Waals surface area contributed by atoms with Gasteiger partial charge in [-0.05, 0) is 98.4 Å². The molecule has 36 heavy (non-hydrogen) atoms. The van der Waals surface area contributed by atoms with Crippen LogP contribution in [0.4, 0.5) is 10.1 Å². The molecule has 7 heteroatoms. The fourth-order valence-corrected chi connectivity index (χ4v) is 8.15. The van der Waals surface area contributed by atoms with Gasteiger partial charge in [0.1, 0.15) is 5.82 Å². The number of aromatic nitrogens is 1. The Morgan fingerprint density at radius 2 is 1.69 bits per heavy atom. The Bertz CT molecular complexity index is 1120. The molecule has 5 aliphatic rings. The zero-order valence-corrected chi connectivity index (χ0v) is 20.6. The van der Waals surface area contributed by atoms with Gasteiger partial charge < -0.3 is 16.4 Å². The van der Waals surface area contributed by atoms with Crippen LogP contribution in [0, 0.1) is 34.9 Å². The van der Waals surface area contributed by atoms with Gasteiger partial charge in [0, 0.05) is 30.0 Å². The Morgan fingerprint density at radius 3 is 2.31 bits per heavy atom. The van der Waals surface area contributed by atoms with Crippen LogP contribution in [-0.4, -0.2) is 29.4 Å². The molecule has 1 heterocycles. The topological polar surface area (TPSA) is 97.1 Å². The molecule has 5 saturated carbocycles. The first-order valence-electron chi connectivity index (χ1n) is 13.4. The van der Waals surface area contributed by atoms with Gasteiger partial charge in [0.15, 0.2) is 0 Å². The van der Waals surface area contributed by atoms with E-state index in [0.717, 1.165) is 62.6 Å². The number of benzene rings is 1. The highest BCUT2D eigenvalue weighted by Gasteiger charge is 2.60. The van der Waals surface area contributed by atoms with Crippen LogP contribution in [0.3, 0.4) is 0 Å². The average molecular weight is 491 g/mol. The molecule has 0 spiro atoms. The van der Waals surface area contributed by atoms with Crippen LogP contribution in [0.2, 0.25) is 0 Å². The third-order valence-corrected chi connectivity index (χ3v) is 9.85. The molecule has 4 bridgehead atoms. The van der Waals surface area contributed by atoms with Gasteiger partial charge in [-0.15, -0.1) is 0 Å². The number of hydrogen-bond donors (Lipinski definition) is 3. The summed E-state index contributed by atoms with van der Waals surface area (Å²) >= 11 is 0. The maximum Gasteiger partial charge on any atom is 0.237 e. The fraction of sp³-hybridized carbons (Fsp3) is 0.552. The molecule has 3 unspecified atom stereocenters. The van der Waals surface area contributed by atoms with E-state index in [1.165, 1.54) is 12.1 Å². The number of anilines is 1. The minimum atomic E-state index is -0.564. The zero-order valence-electron chi connectivity index (χ0n) is 20.6. The number of nitrogens with zero attached hydrogens (tertiary/aromatic N) is 1. The van der Waals surface area contributed by atoms with Crippen LogP contribution in [0.5, 0.6) is 0 Å². The summed E-state index contributed by atoms with van der Waals surface area (Å²) in [7, 11) is 0. The summed E-state index contributed by atoms with van der Waals surface area (Å²) in [5, 5.41) is 6.29. The zero-order chi connectivity index (χ0) is 24.9. The van der Waals surface area contributed by atoms with Crippen molar-refractivity contribution in [3.8, 4) is 0 Å². The second-order valence-electron chi connectivity index (χ2n) is 11.9. The van der Waals surface area contributed by atoms with Crippen LogP contribution in [0.15, 0.2) is 48.8 Å². The lowest BCUT2D eigenvalue weighted by Crippen LogP contribution is -2.61. The monoisotopic (exact) mass is 490 g/mol. The van der Waals surface area contributed by atoms with Crippen molar-refractivity contribution in [2.24, 2.45) is 34.8 Å². The molecular weight excluding hydrogens is 455 g/mol. The summed E-state index contributed by atoms with van der Waals surface area (Å²) in [4.78, 5) is 30.8. The van der Waals surface area contributed by atoms with Crippen molar-refractivity contribution in [2.75, 3.05) is 11.9 Å². The first kappa shape index (κ1) is 23.6. The molecule has 3 atom stereocenters. The molecule has 0 aliphatic heterocycles. The van der Waals surface area contributed by atoms with Gasteiger partial charge in [0.25, 0.3) is 0 Å². The number of carbonyl (C=O) groups excluding carboxylic acids is 2. The van der Waals surface area contributed by atoms with E-state index in [1.807, 2.05) is 24.3 Å². The quantitative estimate of drug-likeness (QED) is 0.543. The Labute approximate surface area is 211 Å². The van der Waals surface area contributed by atoms with E-state index in [-0.39, 0.29) is 34.4 Å². The lowest BCUT2D eigenvalue weighted by atomic mass is 9.45. The van der Waals surface area contributed by atoms with Crippen molar-refractivity contribution < 1.29 is 14.0 Å². The van der Waals surface area contributed by atoms with Crippen molar-refractivity contribution in [1.82, 2.24) is 10.3 Å². The van der Waals surface area contributed by atoms with Gasteiger partial charge in [-0.3, -0.25) is 14.6 Å². The Hall–Kier alpha value is -2.80. The van der Waals surface area contributed by atoms with Crippen LogP contribution in [0.25, 0.3) is 0 Å². The maximum absolute atomic E-state index is 13.4. The second-order valence-corrected chi connectivity index (χ2v) is 11.9. The molecule has 5 aliphatic carbocycles. The molecule has 7 rings (SSSR count). The van der Waals surface area contributed by atoms with Crippen molar-refractivity contribution >= 4 is 17.5 Å². The molecule has 2 amide bonds. The minimum absolute atomic E-state index is 0.0869. The van der Waals surface area contributed by atoms with Crippen LogP contribution in [0.1, 0.15) is 56.9 Å². The third-order valence-electron chi connectivity index (χ3n) is 9.85. The summed E-state index contributed by atoms with van der Waals surface area (Å²) in [5.74, 6) is 1.03. The number of amides is 2. The highest BCUT2D eigenvalue weighted by molar-refractivity contribution is 5.95. The van der Waals surface area contributed by atoms with Crippen LogP contribution in [-0.2, 0) is 15.0 Å². The third kappa shape index (κ3) is 4.01. The standard InChI is InChI=1S/C29H35FN4O2/c30-22-4-2-21(3-5-22)28(8-1-9-28)17-33-26(35)25(31)24-19-12-18-13-20(24)16-29(14-18,15-19)27(36)34-23-6-10-32-11-7-23/h2-7,10-11,18-20,24-25H,1,8-9,12-17,31H2,(H,33,35)(H,32,34,36). The highest BCUT2D eigenvalue weighted by Crippen LogP contribution is 2.63. The van der Waals surface area contributed by atoms with E-state index >= 15 is 0 Å². The van der Waals surface area contributed by atoms with Crippen LogP contribution < -0.4 is 16.4 Å². The molecule has 1 aromatic heterocycles. The number of nitrogens with one attached hydrogen (secondary N) is 2. The average Bonchev–Trinajstić information content (AvgIpc) is 2.84. The maximum atomic E-state index is 13.4. The molecule has 190 valence electrons. The van der Waals surface area contributed by atoms with E-state index in [1.54, 1.807) is 12.4 Å². The van der Waals surface area contributed by atoms with Gasteiger partial charge in [0.05, 0.1) is 11.5 Å². The SMILES string of the molecule is NC(C(=O)NCC1(c2ccc(F)cc2)CCC1)C1C2CC3CC1CC(C(=O)Nc1ccncc1)(C3)C2. The summed E-state index contributed by atoms with van der Waals surface area (Å²) < 4.78 is 13.4. The summed E-state index contributed by atoms with van der Waals surface area (Å²) in [6.45, 7) is 0.536. The van der Waals surface area contributed by atoms with Gasteiger partial charge in [-0.25, -0.2) is 4.39 Å². The number of pyridine rings is 1. The van der Waals surface area contributed by atoms with E-state index in [2.05, 4.69) is 15.6 Å². The Kier molecular flexibility index (Phi) is 5.86. The fourth-order valence-electron chi connectivity index (χ4n) is 8.15. The van der Waals surface area contributed by atoms with Crippen molar-refractivity contribution in [3.63, 3.8) is 0 Å². The Balaban J connectivity index is 1.12. The van der Waals surface area contributed by atoms with E-state index in [4.69, 9.17) is 5.73 Å². The summed E-state index contributed by atoms with van der Waals surface area (Å²) in [6.07, 6.45) is 11.1.